The number of rotatable bonds is 8. The molecule has 0 aliphatic heterocycles. The van der Waals surface area contributed by atoms with Gasteiger partial charge in [0.1, 0.15) is 5.75 Å². The van der Waals surface area contributed by atoms with Gasteiger partial charge >= 0.3 is 0 Å². The SMILES string of the molecule is CC(C)Oc1ccc(S(=O)(=O)NCCn2ccc(-c3ccsc3)n2)cc1. The average molecular weight is 392 g/mol. The van der Waals surface area contributed by atoms with Crippen molar-refractivity contribution in [1.29, 1.82) is 0 Å². The Morgan fingerprint density at radius 1 is 1.19 bits per heavy atom. The summed E-state index contributed by atoms with van der Waals surface area (Å²) >= 11 is 1.62. The van der Waals surface area contributed by atoms with Crippen molar-refractivity contribution in [2.45, 2.75) is 31.4 Å². The van der Waals surface area contributed by atoms with Crippen LogP contribution in [0.3, 0.4) is 0 Å². The normalized spacial score (nSPS) is 11.8. The molecule has 1 aromatic carbocycles. The third-order valence-corrected chi connectivity index (χ3v) is 5.76. The number of sulfonamides is 1. The zero-order chi connectivity index (χ0) is 18.6. The van der Waals surface area contributed by atoms with E-state index in [1.807, 2.05) is 42.9 Å². The fraction of sp³-hybridized carbons (Fsp3) is 0.278. The molecule has 138 valence electrons. The third kappa shape index (κ3) is 4.72. The molecule has 0 atom stereocenters. The molecule has 0 unspecified atom stereocenters. The second-order valence-electron chi connectivity index (χ2n) is 6.01. The third-order valence-electron chi connectivity index (χ3n) is 3.60. The van der Waals surface area contributed by atoms with Gasteiger partial charge in [-0.15, -0.1) is 0 Å². The molecule has 0 aliphatic rings. The Balaban J connectivity index is 1.57. The molecule has 0 saturated carbocycles. The van der Waals surface area contributed by atoms with Crippen LogP contribution in [0.5, 0.6) is 5.75 Å². The Morgan fingerprint density at radius 3 is 2.62 bits per heavy atom. The summed E-state index contributed by atoms with van der Waals surface area (Å²) in [5.41, 5.74) is 1.95. The zero-order valence-electron chi connectivity index (χ0n) is 14.6. The highest BCUT2D eigenvalue weighted by Crippen LogP contribution is 2.20. The molecule has 2 aromatic heterocycles. The molecule has 3 rings (SSSR count). The van der Waals surface area contributed by atoms with Crippen LogP contribution in [-0.4, -0.2) is 30.8 Å². The Kier molecular flexibility index (Phi) is 5.75. The second-order valence-corrected chi connectivity index (χ2v) is 8.56. The van der Waals surface area contributed by atoms with Gasteiger partial charge in [-0.3, -0.25) is 4.68 Å². The Labute approximate surface area is 157 Å². The Hall–Kier alpha value is -2.16. The maximum absolute atomic E-state index is 12.4. The molecule has 0 spiro atoms. The molecule has 0 radical (unpaired) electrons. The molecule has 0 fully saturated rings. The van der Waals surface area contributed by atoms with Gasteiger partial charge in [-0.1, -0.05) is 0 Å². The van der Waals surface area contributed by atoms with Crippen LogP contribution in [0.2, 0.25) is 0 Å². The lowest BCUT2D eigenvalue weighted by atomic mass is 10.2. The van der Waals surface area contributed by atoms with Crippen LogP contribution in [0.4, 0.5) is 0 Å². The summed E-state index contributed by atoms with van der Waals surface area (Å²) < 4.78 is 34.6. The number of aromatic nitrogens is 2. The number of benzene rings is 1. The van der Waals surface area contributed by atoms with Gasteiger partial charge < -0.3 is 4.74 Å². The highest BCUT2D eigenvalue weighted by molar-refractivity contribution is 7.89. The molecule has 0 saturated heterocycles. The van der Waals surface area contributed by atoms with Gasteiger partial charge in [-0.2, -0.15) is 16.4 Å². The summed E-state index contributed by atoms with van der Waals surface area (Å²) in [7, 11) is -3.56. The first-order chi connectivity index (χ1) is 12.4. The molecule has 6 nitrogen and oxygen atoms in total. The predicted octanol–water partition coefficient (Wildman–Crippen LogP) is 3.38. The fourth-order valence-corrected chi connectivity index (χ4v) is 4.07. The van der Waals surface area contributed by atoms with Crippen molar-refractivity contribution in [3.63, 3.8) is 0 Å². The van der Waals surface area contributed by atoms with E-state index in [0.29, 0.717) is 12.3 Å². The van der Waals surface area contributed by atoms with Crippen LogP contribution in [0.25, 0.3) is 11.3 Å². The van der Waals surface area contributed by atoms with Crippen LogP contribution in [-0.2, 0) is 16.6 Å². The molecule has 2 heterocycles. The molecule has 1 N–H and O–H groups in total. The lowest BCUT2D eigenvalue weighted by Gasteiger charge is -2.11. The number of hydrogen-bond acceptors (Lipinski definition) is 5. The van der Waals surface area contributed by atoms with E-state index in [0.717, 1.165) is 11.3 Å². The molecule has 3 aromatic rings. The van der Waals surface area contributed by atoms with Crippen LogP contribution in [0.15, 0.2) is 58.3 Å². The Bertz CT molecular complexity index is 930. The van der Waals surface area contributed by atoms with E-state index in [9.17, 15) is 8.42 Å². The van der Waals surface area contributed by atoms with Gasteiger partial charge in [0.25, 0.3) is 0 Å². The monoisotopic (exact) mass is 391 g/mol. The molecular weight excluding hydrogens is 370 g/mol. The largest absolute Gasteiger partial charge is 0.491 e. The maximum atomic E-state index is 12.4. The number of hydrogen-bond donors (Lipinski definition) is 1. The highest BCUT2D eigenvalue weighted by atomic mass is 32.2. The smallest absolute Gasteiger partial charge is 0.240 e. The van der Waals surface area contributed by atoms with Gasteiger partial charge in [-0.25, -0.2) is 13.1 Å². The molecular formula is C18H21N3O3S2. The van der Waals surface area contributed by atoms with Crippen LogP contribution >= 0.6 is 11.3 Å². The highest BCUT2D eigenvalue weighted by Gasteiger charge is 2.14. The van der Waals surface area contributed by atoms with E-state index in [4.69, 9.17) is 4.74 Å². The summed E-state index contributed by atoms with van der Waals surface area (Å²) in [6.45, 7) is 4.56. The summed E-state index contributed by atoms with van der Waals surface area (Å²) in [6, 6.07) is 10.3. The topological polar surface area (TPSA) is 73.2 Å². The zero-order valence-corrected chi connectivity index (χ0v) is 16.3. The Morgan fingerprint density at radius 2 is 1.96 bits per heavy atom. The summed E-state index contributed by atoms with van der Waals surface area (Å²) in [5, 5.41) is 8.49. The predicted molar refractivity (Wildman–Crippen MR) is 103 cm³/mol. The number of nitrogens with zero attached hydrogens (tertiary/aromatic N) is 2. The first kappa shape index (κ1) is 18.6. The molecule has 26 heavy (non-hydrogen) atoms. The average Bonchev–Trinajstić information content (AvgIpc) is 3.26. The van der Waals surface area contributed by atoms with E-state index in [-0.39, 0.29) is 17.5 Å². The van der Waals surface area contributed by atoms with Crippen molar-refractivity contribution in [2.24, 2.45) is 0 Å². The lowest BCUT2D eigenvalue weighted by molar-refractivity contribution is 0.242. The van der Waals surface area contributed by atoms with Gasteiger partial charge in [0.05, 0.1) is 23.2 Å². The second kappa shape index (κ2) is 8.03. The van der Waals surface area contributed by atoms with Gasteiger partial charge in [0, 0.05) is 23.7 Å². The molecule has 0 bridgehead atoms. The minimum Gasteiger partial charge on any atom is -0.491 e. The minimum absolute atomic E-state index is 0.0450. The van der Waals surface area contributed by atoms with E-state index in [2.05, 4.69) is 9.82 Å². The van der Waals surface area contributed by atoms with Crippen LogP contribution in [0.1, 0.15) is 13.8 Å². The van der Waals surface area contributed by atoms with E-state index < -0.39 is 10.0 Å². The first-order valence-corrected chi connectivity index (χ1v) is 10.7. The van der Waals surface area contributed by atoms with Gasteiger partial charge in [0.2, 0.25) is 10.0 Å². The van der Waals surface area contributed by atoms with Crippen molar-refractivity contribution < 1.29 is 13.2 Å². The standard InChI is InChI=1S/C18H21N3O3S2/c1-14(2)24-16-3-5-17(6-4-16)26(22,23)19-9-11-21-10-7-18(20-21)15-8-12-25-13-15/h3-8,10,12-14,19H,9,11H2,1-2H3. The molecule has 0 amide bonds. The fourth-order valence-electron chi connectivity index (χ4n) is 2.40. The van der Waals surface area contributed by atoms with E-state index in [1.54, 1.807) is 40.3 Å². The number of ether oxygens (including phenoxy) is 1. The van der Waals surface area contributed by atoms with Crippen molar-refractivity contribution in [3.05, 3.63) is 53.4 Å². The number of thiophene rings is 1. The lowest BCUT2D eigenvalue weighted by Crippen LogP contribution is -2.27. The first-order valence-electron chi connectivity index (χ1n) is 8.26. The van der Waals surface area contributed by atoms with Crippen LogP contribution < -0.4 is 9.46 Å². The molecule has 0 aliphatic carbocycles. The summed E-state index contributed by atoms with van der Waals surface area (Å²) in [5.74, 6) is 0.649. The van der Waals surface area contributed by atoms with Crippen molar-refractivity contribution in [2.75, 3.05) is 6.54 Å². The summed E-state index contributed by atoms with van der Waals surface area (Å²) in [4.78, 5) is 0.216. The quantitative estimate of drug-likeness (QED) is 0.639. The van der Waals surface area contributed by atoms with Crippen molar-refractivity contribution >= 4 is 21.4 Å². The van der Waals surface area contributed by atoms with E-state index in [1.165, 1.54) is 0 Å². The number of nitrogens with one attached hydrogen (secondary N) is 1. The van der Waals surface area contributed by atoms with Crippen molar-refractivity contribution in [1.82, 2.24) is 14.5 Å². The van der Waals surface area contributed by atoms with Gasteiger partial charge in [-0.05, 0) is 55.6 Å². The van der Waals surface area contributed by atoms with Crippen LogP contribution in [0, 0.1) is 0 Å². The summed E-state index contributed by atoms with van der Waals surface area (Å²) in [6.07, 6.45) is 1.89. The van der Waals surface area contributed by atoms with Crippen molar-refractivity contribution in [3.8, 4) is 17.0 Å². The van der Waals surface area contributed by atoms with E-state index >= 15 is 0 Å². The van der Waals surface area contributed by atoms with Gasteiger partial charge in [0.15, 0.2) is 0 Å². The molecule has 8 heteroatoms. The maximum Gasteiger partial charge on any atom is 0.240 e. The minimum atomic E-state index is -3.56.